The molecule has 0 bridgehead atoms. The summed E-state index contributed by atoms with van der Waals surface area (Å²) in [6, 6.07) is 3.81. The highest BCUT2D eigenvalue weighted by atomic mass is 35.5. The van der Waals surface area contributed by atoms with E-state index in [1.165, 1.54) is 19.3 Å². The lowest BCUT2D eigenvalue weighted by Gasteiger charge is -2.28. The van der Waals surface area contributed by atoms with E-state index in [1.54, 1.807) is 24.4 Å². The number of nitriles is 1. The standard InChI is InChI=1S/C13H16ClN3O/c1-17(18-10-5-3-2-4-6-10)12-7-8-16-13(14)11(12)9-15/h7-8,10H,2-6H2,1H3. The number of aromatic nitrogens is 1. The molecule has 1 fully saturated rings. The van der Waals surface area contributed by atoms with Gasteiger partial charge in [-0.05, 0) is 18.9 Å². The minimum Gasteiger partial charge on any atom is -0.270 e. The monoisotopic (exact) mass is 265 g/mol. The van der Waals surface area contributed by atoms with Gasteiger partial charge in [-0.2, -0.15) is 5.26 Å². The zero-order chi connectivity index (χ0) is 13.0. The first kappa shape index (κ1) is 13.1. The highest BCUT2D eigenvalue weighted by Gasteiger charge is 2.19. The third-order valence-corrected chi connectivity index (χ3v) is 3.48. The SMILES string of the molecule is CN(OC1CCCCC1)c1ccnc(Cl)c1C#N. The van der Waals surface area contributed by atoms with Crippen LogP contribution in [0, 0.1) is 11.3 Å². The Hall–Kier alpha value is -1.31. The largest absolute Gasteiger partial charge is 0.270 e. The van der Waals surface area contributed by atoms with Crippen molar-refractivity contribution in [1.82, 2.24) is 4.98 Å². The van der Waals surface area contributed by atoms with Gasteiger partial charge in [-0.1, -0.05) is 30.9 Å². The highest BCUT2D eigenvalue weighted by molar-refractivity contribution is 6.30. The van der Waals surface area contributed by atoms with Crippen molar-refractivity contribution in [3.63, 3.8) is 0 Å². The lowest BCUT2D eigenvalue weighted by atomic mass is 9.98. The molecule has 1 aromatic rings. The molecule has 0 amide bonds. The van der Waals surface area contributed by atoms with E-state index < -0.39 is 0 Å². The lowest BCUT2D eigenvalue weighted by Crippen LogP contribution is -2.28. The second-order valence-electron chi connectivity index (χ2n) is 4.47. The third-order valence-electron chi connectivity index (χ3n) is 3.19. The Balaban J connectivity index is 2.11. The second kappa shape index (κ2) is 6.03. The predicted octanol–water partition coefficient (Wildman–Crippen LogP) is 3.31. The van der Waals surface area contributed by atoms with Crippen LogP contribution < -0.4 is 5.06 Å². The summed E-state index contributed by atoms with van der Waals surface area (Å²) in [5.41, 5.74) is 1.03. The number of hydroxylamine groups is 1. The summed E-state index contributed by atoms with van der Waals surface area (Å²) in [6.07, 6.45) is 7.67. The molecule has 1 aliphatic carbocycles. The van der Waals surface area contributed by atoms with Gasteiger partial charge in [0.05, 0.1) is 11.8 Å². The third kappa shape index (κ3) is 2.92. The summed E-state index contributed by atoms with van der Waals surface area (Å²) in [6.45, 7) is 0. The van der Waals surface area contributed by atoms with Gasteiger partial charge >= 0.3 is 0 Å². The summed E-state index contributed by atoms with van der Waals surface area (Å²) in [5, 5.41) is 11.0. The molecule has 0 unspecified atom stereocenters. The van der Waals surface area contributed by atoms with Crippen molar-refractivity contribution in [1.29, 1.82) is 5.26 Å². The molecular formula is C13H16ClN3O. The molecule has 18 heavy (non-hydrogen) atoms. The molecular weight excluding hydrogens is 250 g/mol. The smallest absolute Gasteiger partial charge is 0.148 e. The second-order valence-corrected chi connectivity index (χ2v) is 4.83. The first-order valence-electron chi connectivity index (χ1n) is 6.17. The van der Waals surface area contributed by atoms with Gasteiger partial charge in [0.1, 0.15) is 16.8 Å². The zero-order valence-corrected chi connectivity index (χ0v) is 11.2. The molecule has 0 N–H and O–H groups in total. The fourth-order valence-electron chi connectivity index (χ4n) is 2.24. The van der Waals surface area contributed by atoms with Crippen LogP contribution in [0.5, 0.6) is 0 Å². The van der Waals surface area contributed by atoms with Gasteiger partial charge in [0.25, 0.3) is 0 Å². The van der Waals surface area contributed by atoms with E-state index in [9.17, 15) is 0 Å². The molecule has 4 nitrogen and oxygen atoms in total. The van der Waals surface area contributed by atoms with Crippen LogP contribution in [0.25, 0.3) is 0 Å². The van der Waals surface area contributed by atoms with Crippen molar-refractivity contribution in [2.45, 2.75) is 38.2 Å². The van der Waals surface area contributed by atoms with Crippen LogP contribution >= 0.6 is 11.6 Å². The lowest BCUT2D eigenvalue weighted by molar-refractivity contribution is 0.0187. The van der Waals surface area contributed by atoms with E-state index in [1.807, 2.05) is 0 Å². The average molecular weight is 266 g/mol. The fraction of sp³-hybridized carbons (Fsp3) is 0.538. The van der Waals surface area contributed by atoms with Gasteiger partial charge in [-0.15, -0.1) is 0 Å². The molecule has 0 aliphatic heterocycles. The normalized spacial score (nSPS) is 16.3. The number of pyridine rings is 1. The summed E-state index contributed by atoms with van der Waals surface area (Å²) >= 11 is 5.90. The maximum absolute atomic E-state index is 9.10. The molecule has 0 aromatic carbocycles. The van der Waals surface area contributed by atoms with E-state index >= 15 is 0 Å². The van der Waals surface area contributed by atoms with Crippen molar-refractivity contribution in [3.8, 4) is 6.07 Å². The minimum atomic E-state index is 0.217. The number of rotatable bonds is 3. The topological polar surface area (TPSA) is 49.1 Å². The van der Waals surface area contributed by atoms with E-state index in [0.29, 0.717) is 11.3 Å². The molecule has 1 saturated carbocycles. The van der Waals surface area contributed by atoms with E-state index in [-0.39, 0.29) is 11.3 Å². The number of nitrogens with zero attached hydrogens (tertiary/aromatic N) is 3. The zero-order valence-electron chi connectivity index (χ0n) is 10.4. The van der Waals surface area contributed by atoms with Gasteiger partial charge in [0.2, 0.25) is 0 Å². The van der Waals surface area contributed by atoms with Crippen LogP contribution in [0.3, 0.4) is 0 Å². The first-order chi connectivity index (χ1) is 8.72. The number of anilines is 1. The molecule has 0 saturated heterocycles. The van der Waals surface area contributed by atoms with Crippen LogP contribution in [-0.4, -0.2) is 18.1 Å². The van der Waals surface area contributed by atoms with Crippen LogP contribution in [0.1, 0.15) is 37.7 Å². The molecule has 0 atom stereocenters. The minimum absolute atomic E-state index is 0.217. The first-order valence-corrected chi connectivity index (χ1v) is 6.55. The van der Waals surface area contributed by atoms with Crippen molar-refractivity contribution in [3.05, 3.63) is 23.0 Å². The van der Waals surface area contributed by atoms with Gasteiger partial charge in [-0.3, -0.25) is 9.90 Å². The molecule has 2 rings (SSSR count). The Kier molecular flexibility index (Phi) is 4.40. The number of hydrogen-bond donors (Lipinski definition) is 0. The average Bonchev–Trinajstić information content (AvgIpc) is 2.39. The van der Waals surface area contributed by atoms with Gasteiger partial charge in [0, 0.05) is 13.2 Å². The van der Waals surface area contributed by atoms with Gasteiger partial charge < -0.3 is 0 Å². The van der Waals surface area contributed by atoms with E-state index in [4.69, 9.17) is 21.7 Å². The maximum Gasteiger partial charge on any atom is 0.148 e. The van der Waals surface area contributed by atoms with Crippen LogP contribution in [0.2, 0.25) is 5.15 Å². The van der Waals surface area contributed by atoms with E-state index in [0.717, 1.165) is 12.8 Å². The molecule has 0 spiro atoms. The predicted molar refractivity (Wildman–Crippen MR) is 70.3 cm³/mol. The summed E-state index contributed by atoms with van der Waals surface area (Å²) < 4.78 is 0. The van der Waals surface area contributed by atoms with E-state index in [2.05, 4.69) is 11.1 Å². The van der Waals surface area contributed by atoms with Crippen molar-refractivity contribution < 1.29 is 4.84 Å². The number of hydrogen-bond acceptors (Lipinski definition) is 4. The van der Waals surface area contributed by atoms with Gasteiger partial charge in [0.15, 0.2) is 0 Å². The van der Waals surface area contributed by atoms with Crippen LogP contribution in [0.4, 0.5) is 5.69 Å². The summed E-state index contributed by atoms with van der Waals surface area (Å²) in [5.74, 6) is 0. The summed E-state index contributed by atoms with van der Waals surface area (Å²) in [7, 11) is 1.81. The Labute approximate surface area is 112 Å². The highest BCUT2D eigenvalue weighted by Crippen LogP contribution is 2.27. The Morgan fingerprint density at radius 2 is 2.17 bits per heavy atom. The Morgan fingerprint density at radius 3 is 2.83 bits per heavy atom. The van der Waals surface area contributed by atoms with Crippen LogP contribution in [0.15, 0.2) is 12.3 Å². The van der Waals surface area contributed by atoms with Crippen molar-refractivity contribution >= 4 is 17.3 Å². The van der Waals surface area contributed by atoms with Gasteiger partial charge in [-0.25, -0.2) is 4.98 Å². The molecule has 0 radical (unpaired) electrons. The van der Waals surface area contributed by atoms with Crippen LogP contribution in [-0.2, 0) is 4.84 Å². The summed E-state index contributed by atoms with van der Waals surface area (Å²) in [4.78, 5) is 9.77. The van der Waals surface area contributed by atoms with Crippen molar-refractivity contribution in [2.75, 3.05) is 12.1 Å². The molecule has 1 heterocycles. The molecule has 5 heteroatoms. The van der Waals surface area contributed by atoms with Crippen molar-refractivity contribution in [2.24, 2.45) is 0 Å². The Morgan fingerprint density at radius 1 is 1.44 bits per heavy atom. The molecule has 1 aliphatic rings. The maximum atomic E-state index is 9.10. The quantitative estimate of drug-likeness (QED) is 0.621. The molecule has 96 valence electrons. The Bertz CT molecular complexity index is 452. The number of halogens is 1. The fourth-order valence-corrected chi connectivity index (χ4v) is 2.44. The molecule has 1 aromatic heterocycles.